The number of benzene rings is 8. The molecule has 59 heavy (non-hydrogen) atoms. The zero-order valence-electron chi connectivity index (χ0n) is 31.6. The molecule has 0 unspecified atom stereocenters. The molecule has 2 heterocycles. The molecule has 0 aliphatic carbocycles. The van der Waals surface area contributed by atoms with Gasteiger partial charge in [-0.1, -0.05) is 97.1 Å². The van der Waals surface area contributed by atoms with Gasteiger partial charge in [-0.2, -0.15) is 18.4 Å². The molecule has 4 nitrogen and oxygen atoms in total. The molecule has 0 amide bonds. The Morgan fingerprint density at radius 3 is 1.63 bits per heavy atom. The number of aryl methyl sites for hydroxylation is 1. The fraction of sp³-hybridized carbons (Fsp3) is 0.0385. The van der Waals surface area contributed by atoms with Crippen molar-refractivity contribution in [2.24, 2.45) is 0 Å². The lowest BCUT2D eigenvalue weighted by Crippen LogP contribution is -2.09. The fourth-order valence-corrected chi connectivity index (χ4v) is 8.67. The summed E-state index contributed by atoms with van der Waals surface area (Å²) in [5, 5.41) is 13.7. The van der Waals surface area contributed by atoms with Gasteiger partial charge in [0.25, 0.3) is 0 Å². The van der Waals surface area contributed by atoms with Gasteiger partial charge in [0.15, 0.2) is 5.69 Å². The molecule has 0 bridgehead atoms. The predicted molar refractivity (Wildman–Crippen MR) is 232 cm³/mol. The van der Waals surface area contributed by atoms with Crippen LogP contribution in [0.5, 0.6) is 0 Å². The Bertz CT molecular complexity index is 3430. The van der Waals surface area contributed by atoms with Crippen LogP contribution in [0.3, 0.4) is 0 Å². The van der Waals surface area contributed by atoms with Crippen molar-refractivity contribution in [3.05, 3.63) is 198 Å². The predicted octanol–water partition coefficient (Wildman–Crippen LogP) is 14.6. The van der Waals surface area contributed by atoms with E-state index >= 15 is 13.2 Å². The van der Waals surface area contributed by atoms with Crippen LogP contribution in [0, 0.1) is 24.8 Å². The van der Waals surface area contributed by atoms with Gasteiger partial charge in [-0.05, 0) is 119 Å². The smallest absolute Gasteiger partial charge is 0.309 e. The molecule has 0 aliphatic heterocycles. The topological polar surface area (TPSA) is 38.0 Å². The second-order valence-corrected chi connectivity index (χ2v) is 14.7. The Morgan fingerprint density at radius 1 is 0.508 bits per heavy atom. The number of nitrogens with zero attached hydrogens (tertiary/aromatic N) is 4. The van der Waals surface area contributed by atoms with Gasteiger partial charge < -0.3 is 9.13 Å². The highest BCUT2D eigenvalue weighted by molar-refractivity contribution is 6.12. The first-order valence-corrected chi connectivity index (χ1v) is 19.1. The van der Waals surface area contributed by atoms with E-state index in [1.54, 1.807) is 18.2 Å². The SMILES string of the molecule is [C-]#[N+]c1ccccc1-c1ccc2c(c1)c1ccccc1n2-c1ccc(C)c(-c2cc(-n3c4ccccc4c4cc(-c5ccccc5C#N)ccc43)ccc2C(F)(F)F)c1. The van der Waals surface area contributed by atoms with Crippen molar-refractivity contribution in [3.8, 4) is 50.8 Å². The highest BCUT2D eigenvalue weighted by atomic mass is 19.4. The molecule has 0 saturated heterocycles. The van der Waals surface area contributed by atoms with Crippen molar-refractivity contribution in [1.82, 2.24) is 9.13 Å². The molecule has 0 saturated carbocycles. The summed E-state index contributed by atoms with van der Waals surface area (Å²) < 4.78 is 49.4. The zero-order valence-corrected chi connectivity index (χ0v) is 31.6. The highest BCUT2D eigenvalue weighted by Gasteiger charge is 2.34. The third-order valence-electron chi connectivity index (χ3n) is 11.4. The van der Waals surface area contributed by atoms with Crippen LogP contribution in [-0.4, -0.2) is 9.13 Å². The van der Waals surface area contributed by atoms with Gasteiger partial charge in [-0.3, -0.25) is 0 Å². The third-order valence-corrected chi connectivity index (χ3v) is 11.4. The molecule has 10 aromatic rings. The van der Waals surface area contributed by atoms with Gasteiger partial charge in [0.2, 0.25) is 0 Å². The number of fused-ring (bicyclic) bond motifs is 6. The van der Waals surface area contributed by atoms with Crippen LogP contribution in [0.4, 0.5) is 18.9 Å². The Labute approximate surface area is 337 Å². The lowest BCUT2D eigenvalue weighted by atomic mass is 9.94. The Kier molecular flexibility index (Phi) is 8.23. The van der Waals surface area contributed by atoms with Crippen molar-refractivity contribution >= 4 is 49.3 Å². The van der Waals surface area contributed by atoms with E-state index in [0.717, 1.165) is 71.6 Å². The van der Waals surface area contributed by atoms with E-state index in [9.17, 15) is 5.26 Å². The van der Waals surface area contributed by atoms with Crippen LogP contribution in [0.2, 0.25) is 0 Å². The Morgan fingerprint density at radius 2 is 1.02 bits per heavy atom. The standard InChI is InChI=1S/C52H31F3N4/c1-32-19-22-36(58-48-17-9-7-15-41(48)45-28-34(21-26-51(45)58)39-13-5-8-16-47(39)57-2)29-42(32)43-30-37(23-24-46(43)52(53,54)55)59-49-18-10-6-14-40(49)44-27-33(20-25-50(44)59)38-12-4-3-11-35(38)31-56/h3-30H,1H3. The number of rotatable bonds is 5. The Hall–Kier alpha value is -7.87. The maximum Gasteiger partial charge on any atom is 0.417 e. The zero-order chi connectivity index (χ0) is 40.4. The van der Waals surface area contributed by atoms with Crippen molar-refractivity contribution in [2.75, 3.05) is 0 Å². The molecule has 280 valence electrons. The quantitative estimate of drug-likeness (QED) is 0.161. The first-order chi connectivity index (χ1) is 28.7. The number of halogens is 3. The molecule has 8 aromatic carbocycles. The molecule has 0 fully saturated rings. The van der Waals surface area contributed by atoms with Crippen LogP contribution in [0.1, 0.15) is 16.7 Å². The second-order valence-electron chi connectivity index (χ2n) is 14.7. The molecular weight excluding hydrogens is 738 g/mol. The average Bonchev–Trinajstić information content (AvgIpc) is 3.78. The fourth-order valence-electron chi connectivity index (χ4n) is 8.67. The summed E-state index contributed by atoms with van der Waals surface area (Å²) in [6.45, 7) is 9.57. The van der Waals surface area contributed by atoms with Crippen LogP contribution < -0.4 is 0 Å². The number of alkyl halides is 3. The highest BCUT2D eigenvalue weighted by Crippen LogP contribution is 2.44. The molecule has 0 radical (unpaired) electrons. The lowest BCUT2D eigenvalue weighted by molar-refractivity contribution is -0.137. The largest absolute Gasteiger partial charge is 0.417 e. The summed E-state index contributed by atoms with van der Waals surface area (Å²) in [7, 11) is 0. The van der Waals surface area contributed by atoms with Crippen molar-refractivity contribution < 1.29 is 13.2 Å². The summed E-state index contributed by atoms with van der Waals surface area (Å²) in [6, 6.07) is 55.4. The van der Waals surface area contributed by atoms with Gasteiger partial charge in [0.1, 0.15) is 0 Å². The van der Waals surface area contributed by atoms with Gasteiger partial charge in [-0.25, -0.2) is 4.85 Å². The first-order valence-electron chi connectivity index (χ1n) is 19.1. The number of nitriles is 1. The van der Waals surface area contributed by atoms with E-state index in [2.05, 4.69) is 33.7 Å². The third kappa shape index (κ3) is 5.75. The summed E-state index contributed by atoms with van der Waals surface area (Å²) in [4.78, 5) is 3.74. The van der Waals surface area contributed by atoms with Gasteiger partial charge in [0.05, 0.1) is 45.8 Å². The van der Waals surface area contributed by atoms with E-state index in [1.807, 2.05) is 139 Å². The summed E-state index contributed by atoms with van der Waals surface area (Å²) >= 11 is 0. The molecule has 0 atom stereocenters. The van der Waals surface area contributed by atoms with E-state index < -0.39 is 11.7 Å². The average molecular weight is 769 g/mol. The minimum atomic E-state index is -4.62. The number of aromatic nitrogens is 2. The van der Waals surface area contributed by atoms with Crippen molar-refractivity contribution in [3.63, 3.8) is 0 Å². The van der Waals surface area contributed by atoms with E-state index in [1.165, 1.54) is 6.07 Å². The van der Waals surface area contributed by atoms with Crippen molar-refractivity contribution in [2.45, 2.75) is 13.1 Å². The molecule has 0 spiro atoms. The number of hydrogen-bond acceptors (Lipinski definition) is 1. The minimum Gasteiger partial charge on any atom is -0.309 e. The monoisotopic (exact) mass is 768 g/mol. The van der Waals surface area contributed by atoms with Crippen LogP contribution >= 0.6 is 0 Å². The molecule has 7 heteroatoms. The normalized spacial score (nSPS) is 11.7. The van der Waals surface area contributed by atoms with Gasteiger partial charge in [-0.15, -0.1) is 0 Å². The summed E-state index contributed by atoms with van der Waals surface area (Å²) in [5.41, 5.74) is 9.95. The molecule has 0 aliphatic rings. The van der Waals surface area contributed by atoms with Crippen LogP contribution in [0.25, 0.3) is 93.2 Å². The second kappa shape index (κ2) is 13.7. The van der Waals surface area contributed by atoms with Crippen LogP contribution in [0.15, 0.2) is 170 Å². The van der Waals surface area contributed by atoms with Gasteiger partial charge >= 0.3 is 6.18 Å². The number of para-hydroxylation sites is 3. The lowest BCUT2D eigenvalue weighted by Gasteiger charge is -2.19. The summed E-state index contributed by atoms with van der Waals surface area (Å²) in [5.74, 6) is 0. The maximum atomic E-state index is 15.1. The summed E-state index contributed by atoms with van der Waals surface area (Å²) in [6.07, 6.45) is -4.62. The van der Waals surface area contributed by atoms with Crippen LogP contribution in [-0.2, 0) is 6.18 Å². The van der Waals surface area contributed by atoms with E-state index in [4.69, 9.17) is 6.57 Å². The number of hydrogen-bond donors (Lipinski definition) is 0. The van der Waals surface area contributed by atoms with E-state index in [-0.39, 0.29) is 5.56 Å². The maximum absolute atomic E-state index is 15.1. The first kappa shape index (κ1) is 35.5. The molecular formula is C52H31F3N4. The molecule has 2 aromatic heterocycles. The molecule has 10 rings (SSSR count). The Balaban J connectivity index is 1.17. The van der Waals surface area contributed by atoms with E-state index in [0.29, 0.717) is 28.1 Å². The molecule has 0 N–H and O–H groups in total. The van der Waals surface area contributed by atoms with Gasteiger partial charge in [0, 0.05) is 32.9 Å². The minimum absolute atomic E-state index is 0.0821. The van der Waals surface area contributed by atoms with Crippen molar-refractivity contribution in [1.29, 1.82) is 5.26 Å².